The van der Waals surface area contributed by atoms with Gasteiger partial charge in [0.25, 0.3) is 0 Å². The Hall–Kier alpha value is -1.58. The first-order chi connectivity index (χ1) is 13.0. The molecular weight excluding hydrogens is 417 g/mol. The fraction of sp³-hybridized carbons (Fsp3) is 0.500. The number of carbonyl (C=O) groups excluding carboxylic acids is 1. The smallest absolute Gasteiger partial charge is 0.347 e. The first-order valence-electron chi connectivity index (χ1n) is 8.85. The Morgan fingerprint density at radius 3 is 2.54 bits per heavy atom. The molecule has 0 radical (unpaired) electrons. The van der Waals surface area contributed by atoms with Crippen LogP contribution in [-0.2, 0) is 20.8 Å². The van der Waals surface area contributed by atoms with Gasteiger partial charge in [0.1, 0.15) is 0 Å². The number of benzene rings is 1. The molecule has 2 fully saturated rings. The lowest BCUT2D eigenvalue weighted by Gasteiger charge is -2.28. The summed E-state index contributed by atoms with van der Waals surface area (Å²) in [7, 11) is -3.25. The van der Waals surface area contributed by atoms with Crippen LogP contribution in [0.3, 0.4) is 0 Å². The maximum atomic E-state index is 12.8. The molecule has 5 nitrogen and oxygen atoms in total. The molecule has 28 heavy (non-hydrogen) atoms. The first kappa shape index (κ1) is 21.1. The van der Waals surface area contributed by atoms with E-state index in [0.29, 0.717) is 0 Å². The van der Waals surface area contributed by atoms with Crippen molar-refractivity contribution in [2.75, 3.05) is 24.6 Å². The van der Waals surface area contributed by atoms with Gasteiger partial charge in [-0.15, -0.1) is 0 Å². The minimum atomic E-state index is -4.52. The standard InChI is InChI=1S/C18H20ClF3N2O3S/c19-14-5-4-13(18(20,21)22)9-12(14)3-6-17(25)23-15-10-28(26,27)11-16(15)24-7-1-2-8-24/h3-6,9,15-16H,1-2,7-8,10-11H2,(H,23,25)/b6-3+. The molecule has 0 saturated carbocycles. The molecule has 2 atom stereocenters. The number of nitrogens with zero attached hydrogens (tertiary/aromatic N) is 1. The van der Waals surface area contributed by atoms with Crippen molar-refractivity contribution in [3.8, 4) is 0 Å². The Labute approximate surface area is 166 Å². The van der Waals surface area contributed by atoms with E-state index in [0.717, 1.165) is 50.2 Å². The van der Waals surface area contributed by atoms with Crippen LogP contribution in [0.25, 0.3) is 6.08 Å². The molecule has 3 rings (SSSR count). The van der Waals surface area contributed by atoms with Crippen LogP contribution in [0.5, 0.6) is 0 Å². The third-order valence-electron chi connectivity index (χ3n) is 5.00. The van der Waals surface area contributed by atoms with Crippen molar-refractivity contribution < 1.29 is 26.4 Å². The maximum absolute atomic E-state index is 12.8. The summed E-state index contributed by atoms with van der Waals surface area (Å²) in [6.07, 6.45) is -0.262. The zero-order valence-electron chi connectivity index (χ0n) is 14.9. The summed E-state index contributed by atoms with van der Waals surface area (Å²) < 4.78 is 62.5. The number of carbonyl (C=O) groups is 1. The largest absolute Gasteiger partial charge is 0.416 e. The number of amides is 1. The fourth-order valence-corrected chi connectivity index (χ4v) is 5.78. The summed E-state index contributed by atoms with van der Waals surface area (Å²) in [6.45, 7) is 1.59. The zero-order valence-corrected chi connectivity index (χ0v) is 16.4. The van der Waals surface area contributed by atoms with Crippen molar-refractivity contribution in [1.82, 2.24) is 10.2 Å². The minimum absolute atomic E-state index is 0.00111. The van der Waals surface area contributed by atoms with Crippen LogP contribution >= 0.6 is 11.6 Å². The molecular formula is C18H20ClF3N2O3S. The highest BCUT2D eigenvalue weighted by atomic mass is 35.5. The minimum Gasteiger partial charge on any atom is -0.347 e. The van der Waals surface area contributed by atoms with E-state index in [2.05, 4.69) is 10.2 Å². The van der Waals surface area contributed by atoms with E-state index >= 15 is 0 Å². The molecule has 2 unspecified atom stereocenters. The molecule has 2 heterocycles. The van der Waals surface area contributed by atoms with E-state index in [9.17, 15) is 26.4 Å². The number of nitrogens with one attached hydrogen (secondary N) is 1. The quantitative estimate of drug-likeness (QED) is 0.737. The van der Waals surface area contributed by atoms with Crippen LogP contribution in [0.2, 0.25) is 5.02 Å². The Morgan fingerprint density at radius 2 is 1.89 bits per heavy atom. The van der Waals surface area contributed by atoms with Gasteiger partial charge in [0, 0.05) is 17.1 Å². The van der Waals surface area contributed by atoms with Gasteiger partial charge in [0.15, 0.2) is 9.84 Å². The number of alkyl halides is 3. The Kier molecular flexibility index (Phi) is 6.07. The number of sulfone groups is 1. The predicted octanol–water partition coefficient (Wildman–Crippen LogP) is 2.75. The van der Waals surface area contributed by atoms with Crippen LogP contribution in [0.4, 0.5) is 13.2 Å². The van der Waals surface area contributed by atoms with Gasteiger partial charge in [-0.05, 0) is 55.8 Å². The lowest BCUT2D eigenvalue weighted by Crippen LogP contribution is -2.49. The Morgan fingerprint density at radius 1 is 1.21 bits per heavy atom. The van der Waals surface area contributed by atoms with E-state index in [1.165, 1.54) is 6.08 Å². The molecule has 1 N–H and O–H groups in total. The lowest BCUT2D eigenvalue weighted by molar-refractivity contribution is -0.137. The summed E-state index contributed by atoms with van der Waals surface area (Å²) in [5.41, 5.74) is -0.810. The number of rotatable bonds is 4. The highest BCUT2D eigenvalue weighted by Crippen LogP contribution is 2.32. The molecule has 1 aromatic rings. The van der Waals surface area contributed by atoms with Crippen molar-refractivity contribution in [3.63, 3.8) is 0 Å². The third kappa shape index (κ3) is 5.07. The van der Waals surface area contributed by atoms with Crippen LogP contribution in [0.15, 0.2) is 24.3 Å². The zero-order chi connectivity index (χ0) is 20.5. The topological polar surface area (TPSA) is 66.5 Å². The average molecular weight is 437 g/mol. The van der Waals surface area contributed by atoms with Gasteiger partial charge in [-0.1, -0.05) is 11.6 Å². The summed E-state index contributed by atoms with van der Waals surface area (Å²) in [4.78, 5) is 14.3. The van der Waals surface area contributed by atoms with E-state index in [4.69, 9.17) is 11.6 Å². The van der Waals surface area contributed by atoms with Crippen LogP contribution in [0, 0.1) is 0 Å². The van der Waals surface area contributed by atoms with Crippen molar-refractivity contribution in [2.45, 2.75) is 31.1 Å². The van der Waals surface area contributed by atoms with E-state index in [-0.39, 0.29) is 28.1 Å². The Bertz CT molecular complexity index is 881. The summed E-state index contributed by atoms with van der Waals surface area (Å²) >= 11 is 5.91. The number of halogens is 4. The molecule has 10 heteroatoms. The van der Waals surface area contributed by atoms with Gasteiger partial charge in [0.05, 0.1) is 23.1 Å². The number of likely N-dealkylation sites (tertiary alicyclic amines) is 1. The molecule has 1 aromatic carbocycles. The molecule has 1 amide bonds. The second-order valence-electron chi connectivity index (χ2n) is 7.07. The average Bonchev–Trinajstić information content (AvgIpc) is 3.20. The van der Waals surface area contributed by atoms with Gasteiger partial charge in [-0.2, -0.15) is 13.2 Å². The lowest BCUT2D eigenvalue weighted by atomic mass is 10.1. The van der Waals surface area contributed by atoms with Crippen LogP contribution in [-0.4, -0.2) is 55.9 Å². The SMILES string of the molecule is O=C(/C=C/c1cc(C(F)(F)F)ccc1Cl)NC1CS(=O)(=O)CC1N1CCCC1. The van der Waals surface area contributed by atoms with E-state index < -0.39 is 33.5 Å². The summed E-state index contributed by atoms with van der Waals surface area (Å²) in [5, 5.41) is 2.76. The van der Waals surface area contributed by atoms with Crippen LogP contribution in [0.1, 0.15) is 24.0 Å². The van der Waals surface area contributed by atoms with Gasteiger partial charge >= 0.3 is 6.18 Å². The molecule has 154 valence electrons. The summed E-state index contributed by atoms with van der Waals surface area (Å²) in [6, 6.07) is 2.02. The van der Waals surface area contributed by atoms with Gasteiger partial charge in [0.2, 0.25) is 5.91 Å². The monoisotopic (exact) mass is 436 g/mol. The molecule has 0 aliphatic carbocycles. The molecule has 2 aliphatic heterocycles. The predicted molar refractivity (Wildman–Crippen MR) is 101 cm³/mol. The van der Waals surface area contributed by atoms with Crippen molar-refractivity contribution >= 4 is 33.4 Å². The maximum Gasteiger partial charge on any atom is 0.416 e. The van der Waals surface area contributed by atoms with Crippen LogP contribution < -0.4 is 5.32 Å². The normalized spacial score (nSPS) is 25.4. The molecule has 0 aromatic heterocycles. The van der Waals surface area contributed by atoms with Crippen molar-refractivity contribution in [2.24, 2.45) is 0 Å². The number of hydrogen-bond acceptors (Lipinski definition) is 4. The Balaban J connectivity index is 1.71. The highest BCUT2D eigenvalue weighted by molar-refractivity contribution is 7.91. The van der Waals surface area contributed by atoms with E-state index in [1.54, 1.807) is 0 Å². The highest BCUT2D eigenvalue weighted by Gasteiger charge is 2.42. The van der Waals surface area contributed by atoms with Gasteiger partial charge in [-0.25, -0.2) is 8.42 Å². The second kappa shape index (κ2) is 8.04. The van der Waals surface area contributed by atoms with Gasteiger partial charge in [-0.3, -0.25) is 9.69 Å². The third-order valence-corrected chi connectivity index (χ3v) is 7.06. The van der Waals surface area contributed by atoms with Crippen molar-refractivity contribution in [1.29, 1.82) is 0 Å². The number of hydrogen-bond donors (Lipinski definition) is 1. The van der Waals surface area contributed by atoms with E-state index in [1.807, 2.05) is 0 Å². The first-order valence-corrected chi connectivity index (χ1v) is 11.0. The second-order valence-corrected chi connectivity index (χ2v) is 9.63. The molecule has 0 spiro atoms. The fourth-order valence-electron chi connectivity index (χ4n) is 3.64. The molecule has 0 bridgehead atoms. The molecule has 2 saturated heterocycles. The molecule has 2 aliphatic rings. The van der Waals surface area contributed by atoms with Gasteiger partial charge < -0.3 is 5.32 Å². The van der Waals surface area contributed by atoms with Crippen molar-refractivity contribution in [3.05, 3.63) is 40.4 Å². The summed E-state index contributed by atoms with van der Waals surface area (Å²) in [5.74, 6) is -0.709.